The lowest BCUT2D eigenvalue weighted by Gasteiger charge is -2.11. The summed E-state index contributed by atoms with van der Waals surface area (Å²) in [6, 6.07) is 0.539. The third-order valence-electron chi connectivity index (χ3n) is 2.56. The predicted octanol–water partition coefficient (Wildman–Crippen LogP) is 0.606. The SMILES string of the molecule is NC(=NCCCCO)NC1CCCC1. The number of nitrogens with zero attached hydrogens (tertiary/aromatic N) is 1. The fourth-order valence-electron chi connectivity index (χ4n) is 1.75. The van der Waals surface area contributed by atoms with E-state index < -0.39 is 0 Å². The second kappa shape index (κ2) is 6.65. The zero-order valence-electron chi connectivity index (χ0n) is 8.71. The van der Waals surface area contributed by atoms with Gasteiger partial charge in [0.2, 0.25) is 0 Å². The number of hydrogen-bond acceptors (Lipinski definition) is 2. The summed E-state index contributed by atoms with van der Waals surface area (Å²) in [6.45, 7) is 0.956. The smallest absolute Gasteiger partial charge is 0.188 e. The lowest BCUT2D eigenvalue weighted by molar-refractivity contribution is 0.285. The first-order valence-corrected chi connectivity index (χ1v) is 5.50. The minimum atomic E-state index is 0.242. The Kier molecular flexibility index (Phi) is 5.37. The molecule has 0 spiro atoms. The quantitative estimate of drug-likeness (QED) is 0.345. The van der Waals surface area contributed by atoms with Crippen LogP contribution in [-0.2, 0) is 0 Å². The molecule has 1 aliphatic carbocycles. The maximum atomic E-state index is 8.57. The molecule has 0 unspecified atom stereocenters. The van der Waals surface area contributed by atoms with Crippen molar-refractivity contribution in [2.75, 3.05) is 13.2 Å². The van der Waals surface area contributed by atoms with Gasteiger partial charge in [-0.25, -0.2) is 0 Å². The highest BCUT2D eigenvalue weighted by atomic mass is 16.2. The van der Waals surface area contributed by atoms with Gasteiger partial charge < -0.3 is 16.2 Å². The van der Waals surface area contributed by atoms with Crippen molar-refractivity contribution in [2.24, 2.45) is 10.7 Å². The van der Waals surface area contributed by atoms with E-state index in [1.165, 1.54) is 25.7 Å². The molecule has 0 heterocycles. The summed E-state index contributed by atoms with van der Waals surface area (Å²) >= 11 is 0. The molecule has 0 aromatic rings. The van der Waals surface area contributed by atoms with E-state index in [2.05, 4.69) is 10.3 Å². The van der Waals surface area contributed by atoms with Crippen LogP contribution in [0.1, 0.15) is 38.5 Å². The predicted molar refractivity (Wildman–Crippen MR) is 58.2 cm³/mol. The summed E-state index contributed by atoms with van der Waals surface area (Å²) in [5.74, 6) is 0.565. The highest BCUT2D eigenvalue weighted by Crippen LogP contribution is 2.17. The molecule has 0 aromatic heterocycles. The highest BCUT2D eigenvalue weighted by molar-refractivity contribution is 5.78. The molecule has 14 heavy (non-hydrogen) atoms. The lowest BCUT2D eigenvalue weighted by Crippen LogP contribution is -2.38. The molecule has 0 atom stereocenters. The molecule has 4 heteroatoms. The van der Waals surface area contributed by atoms with Crippen molar-refractivity contribution in [3.8, 4) is 0 Å². The molecule has 0 aromatic carbocycles. The molecule has 82 valence electrons. The number of aliphatic hydroxyl groups is 1. The van der Waals surface area contributed by atoms with Gasteiger partial charge in [0.05, 0.1) is 0 Å². The zero-order chi connectivity index (χ0) is 10.2. The Morgan fingerprint density at radius 1 is 1.36 bits per heavy atom. The Hall–Kier alpha value is -0.770. The second-order valence-electron chi connectivity index (χ2n) is 3.82. The second-order valence-corrected chi connectivity index (χ2v) is 3.82. The van der Waals surface area contributed by atoms with Crippen molar-refractivity contribution >= 4 is 5.96 Å². The van der Waals surface area contributed by atoms with Crippen LogP contribution < -0.4 is 11.1 Å². The molecule has 0 aliphatic heterocycles. The minimum Gasteiger partial charge on any atom is -0.396 e. The van der Waals surface area contributed by atoms with Gasteiger partial charge in [0.15, 0.2) is 5.96 Å². The van der Waals surface area contributed by atoms with Crippen LogP contribution >= 0.6 is 0 Å². The number of unbranched alkanes of at least 4 members (excludes halogenated alkanes) is 1. The summed E-state index contributed by atoms with van der Waals surface area (Å²) in [5.41, 5.74) is 5.71. The number of nitrogens with two attached hydrogens (primary N) is 1. The Balaban J connectivity index is 2.09. The van der Waals surface area contributed by atoms with Gasteiger partial charge in [0.25, 0.3) is 0 Å². The molecule has 0 amide bonds. The Morgan fingerprint density at radius 2 is 2.07 bits per heavy atom. The number of hydrogen-bond donors (Lipinski definition) is 3. The van der Waals surface area contributed by atoms with Crippen molar-refractivity contribution < 1.29 is 5.11 Å². The first-order chi connectivity index (χ1) is 6.83. The van der Waals surface area contributed by atoms with Crippen LogP contribution in [0.3, 0.4) is 0 Å². The van der Waals surface area contributed by atoms with Gasteiger partial charge in [-0.3, -0.25) is 4.99 Å². The van der Waals surface area contributed by atoms with Crippen LogP contribution in [-0.4, -0.2) is 30.3 Å². The van der Waals surface area contributed by atoms with Gasteiger partial charge in [-0.15, -0.1) is 0 Å². The average Bonchev–Trinajstić information content (AvgIpc) is 2.65. The molecule has 0 saturated heterocycles. The van der Waals surface area contributed by atoms with E-state index in [9.17, 15) is 0 Å². The van der Waals surface area contributed by atoms with Gasteiger partial charge >= 0.3 is 0 Å². The summed E-state index contributed by atoms with van der Waals surface area (Å²) in [4.78, 5) is 4.20. The summed E-state index contributed by atoms with van der Waals surface area (Å²) in [5, 5.41) is 11.8. The third-order valence-corrected chi connectivity index (χ3v) is 2.56. The molecule has 1 saturated carbocycles. The summed E-state index contributed by atoms with van der Waals surface area (Å²) in [6.07, 6.45) is 6.74. The normalized spacial score (nSPS) is 18.8. The lowest BCUT2D eigenvalue weighted by atomic mass is 10.2. The number of rotatable bonds is 5. The van der Waals surface area contributed by atoms with Crippen molar-refractivity contribution in [1.82, 2.24) is 5.32 Å². The van der Waals surface area contributed by atoms with Crippen LogP contribution in [0.4, 0.5) is 0 Å². The van der Waals surface area contributed by atoms with Crippen LogP contribution in [0.2, 0.25) is 0 Å². The van der Waals surface area contributed by atoms with Gasteiger partial charge in [-0.2, -0.15) is 0 Å². The Bertz CT molecular complexity index is 176. The van der Waals surface area contributed by atoms with E-state index in [0.717, 1.165) is 12.8 Å². The van der Waals surface area contributed by atoms with Crippen molar-refractivity contribution in [2.45, 2.75) is 44.6 Å². The van der Waals surface area contributed by atoms with Crippen LogP contribution in [0.15, 0.2) is 4.99 Å². The summed E-state index contributed by atoms with van der Waals surface area (Å²) < 4.78 is 0. The van der Waals surface area contributed by atoms with Crippen molar-refractivity contribution in [3.05, 3.63) is 0 Å². The van der Waals surface area contributed by atoms with Gasteiger partial charge in [-0.05, 0) is 25.7 Å². The van der Waals surface area contributed by atoms with E-state index in [-0.39, 0.29) is 6.61 Å². The molecule has 4 N–H and O–H groups in total. The zero-order valence-corrected chi connectivity index (χ0v) is 8.71. The molecule has 0 radical (unpaired) electrons. The fourth-order valence-corrected chi connectivity index (χ4v) is 1.75. The number of aliphatic hydroxyl groups excluding tert-OH is 1. The largest absolute Gasteiger partial charge is 0.396 e. The fraction of sp³-hybridized carbons (Fsp3) is 0.900. The van der Waals surface area contributed by atoms with E-state index in [0.29, 0.717) is 18.5 Å². The standard InChI is InChI=1S/C10H21N3O/c11-10(12-7-3-4-8-14)13-9-5-1-2-6-9/h9,14H,1-8H2,(H3,11,12,13). The minimum absolute atomic E-state index is 0.242. The first-order valence-electron chi connectivity index (χ1n) is 5.50. The average molecular weight is 199 g/mol. The van der Waals surface area contributed by atoms with E-state index in [4.69, 9.17) is 10.8 Å². The van der Waals surface area contributed by atoms with Crippen LogP contribution in [0.5, 0.6) is 0 Å². The van der Waals surface area contributed by atoms with E-state index >= 15 is 0 Å². The number of aliphatic imine (C=N–C) groups is 1. The molecule has 1 aliphatic rings. The Morgan fingerprint density at radius 3 is 2.71 bits per heavy atom. The third kappa shape index (κ3) is 4.46. The molecule has 4 nitrogen and oxygen atoms in total. The van der Waals surface area contributed by atoms with E-state index in [1.54, 1.807) is 0 Å². The van der Waals surface area contributed by atoms with Gasteiger partial charge in [-0.1, -0.05) is 12.8 Å². The maximum absolute atomic E-state index is 8.57. The topological polar surface area (TPSA) is 70.6 Å². The summed E-state index contributed by atoms with van der Waals surface area (Å²) in [7, 11) is 0. The molecular formula is C10H21N3O. The number of nitrogens with one attached hydrogen (secondary N) is 1. The van der Waals surface area contributed by atoms with Gasteiger partial charge in [0.1, 0.15) is 0 Å². The molecular weight excluding hydrogens is 178 g/mol. The van der Waals surface area contributed by atoms with Crippen LogP contribution in [0.25, 0.3) is 0 Å². The monoisotopic (exact) mass is 199 g/mol. The molecule has 1 fully saturated rings. The first kappa shape index (κ1) is 11.3. The number of guanidine groups is 1. The van der Waals surface area contributed by atoms with Crippen LogP contribution in [0, 0.1) is 0 Å². The van der Waals surface area contributed by atoms with Crippen molar-refractivity contribution in [3.63, 3.8) is 0 Å². The van der Waals surface area contributed by atoms with Gasteiger partial charge in [0, 0.05) is 19.2 Å². The maximum Gasteiger partial charge on any atom is 0.188 e. The molecule has 1 rings (SSSR count). The highest BCUT2D eigenvalue weighted by Gasteiger charge is 2.14. The Labute approximate surface area is 85.6 Å². The van der Waals surface area contributed by atoms with E-state index in [1.807, 2.05) is 0 Å². The van der Waals surface area contributed by atoms with Crippen molar-refractivity contribution in [1.29, 1.82) is 0 Å². The molecule has 0 bridgehead atoms.